The van der Waals surface area contributed by atoms with Crippen LogP contribution in [0.2, 0.25) is 0 Å². The first-order valence-corrected chi connectivity index (χ1v) is 5.01. The molecule has 0 fully saturated rings. The number of aromatic amines is 1. The number of nitrogens with one attached hydrogen (secondary N) is 2. The van der Waals surface area contributed by atoms with E-state index in [4.69, 9.17) is 4.74 Å². The van der Waals surface area contributed by atoms with Gasteiger partial charge in [-0.1, -0.05) is 0 Å². The van der Waals surface area contributed by atoms with Crippen LogP contribution in [0.4, 0.5) is 5.95 Å². The summed E-state index contributed by atoms with van der Waals surface area (Å²) in [5, 5.41) is 12.8. The fourth-order valence-corrected chi connectivity index (χ4v) is 1.24. The average Bonchev–Trinajstić information content (AvgIpc) is 2.97. The van der Waals surface area contributed by atoms with Crippen LogP contribution in [0.25, 0.3) is 0 Å². The van der Waals surface area contributed by atoms with Gasteiger partial charge in [-0.05, 0) is 6.07 Å². The Morgan fingerprint density at radius 1 is 1.65 bits per heavy atom. The van der Waals surface area contributed by atoms with Crippen LogP contribution < -0.4 is 10.1 Å². The van der Waals surface area contributed by atoms with Crippen LogP contribution in [0.3, 0.4) is 0 Å². The second-order valence-electron chi connectivity index (χ2n) is 3.24. The SMILES string of the molecule is COc1n[nH]c(NC(=O)CCn2cccn2)n1. The van der Waals surface area contributed by atoms with Crippen LogP contribution in [0.15, 0.2) is 18.5 Å². The third-order valence-electron chi connectivity index (χ3n) is 2.03. The molecule has 0 saturated heterocycles. The Morgan fingerprint density at radius 3 is 3.18 bits per heavy atom. The van der Waals surface area contributed by atoms with Crippen molar-refractivity contribution in [1.82, 2.24) is 25.0 Å². The van der Waals surface area contributed by atoms with Gasteiger partial charge in [-0.2, -0.15) is 10.1 Å². The molecule has 2 N–H and O–H groups in total. The lowest BCUT2D eigenvalue weighted by Gasteiger charge is -2.01. The number of hydrogen-bond donors (Lipinski definition) is 2. The topological polar surface area (TPSA) is 97.7 Å². The number of amides is 1. The van der Waals surface area contributed by atoms with Crippen molar-refractivity contribution in [3.63, 3.8) is 0 Å². The summed E-state index contributed by atoms with van der Waals surface area (Å²) < 4.78 is 6.46. The van der Waals surface area contributed by atoms with E-state index in [1.165, 1.54) is 7.11 Å². The van der Waals surface area contributed by atoms with Gasteiger partial charge in [0.25, 0.3) is 0 Å². The van der Waals surface area contributed by atoms with Crippen LogP contribution in [0, 0.1) is 0 Å². The Balaban J connectivity index is 1.81. The molecule has 0 spiro atoms. The van der Waals surface area contributed by atoms with Crippen molar-refractivity contribution in [3.8, 4) is 6.01 Å². The molecular formula is C9H12N6O2. The highest BCUT2D eigenvalue weighted by Gasteiger charge is 2.07. The van der Waals surface area contributed by atoms with E-state index in [1.807, 2.05) is 0 Å². The molecule has 0 bridgehead atoms. The molecule has 17 heavy (non-hydrogen) atoms. The van der Waals surface area contributed by atoms with E-state index >= 15 is 0 Å². The smallest absolute Gasteiger partial charge is 0.336 e. The highest BCUT2D eigenvalue weighted by molar-refractivity contribution is 5.88. The van der Waals surface area contributed by atoms with Gasteiger partial charge in [0.1, 0.15) is 0 Å². The quantitative estimate of drug-likeness (QED) is 0.763. The molecule has 0 saturated carbocycles. The van der Waals surface area contributed by atoms with Gasteiger partial charge in [-0.25, -0.2) is 5.10 Å². The second-order valence-corrected chi connectivity index (χ2v) is 3.24. The summed E-state index contributed by atoms with van der Waals surface area (Å²) >= 11 is 0. The lowest BCUT2D eigenvalue weighted by Crippen LogP contribution is -2.15. The first-order chi connectivity index (χ1) is 8.28. The minimum absolute atomic E-state index is 0.167. The van der Waals surface area contributed by atoms with E-state index in [2.05, 4.69) is 25.6 Å². The van der Waals surface area contributed by atoms with E-state index < -0.39 is 0 Å². The summed E-state index contributed by atoms with van der Waals surface area (Å²) in [7, 11) is 1.45. The fraction of sp³-hybridized carbons (Fsp3) is 0.333. The zero-order valence-corrected chi connectivity index (χ0v) is 9.25. The number of ether oxygens (including phenoxy) is 1. The maximum atomic E-state index is 11.5. The van der Waals surface area contributed by atoms with Crippen LogP contribution in [-0.2, 0) is 11.3 Å². The molecule has 2 aromatic heterocycles. The predicted octanol–water partition coefficient (Wildman–Crippen LogP) is 0.0386. The van der Waals surface area contributed by atoms with E-state index in [0.29, 0.717) is 13.0 Å². The molecule has 2 rings (SSSR count). The summed E-state index contributed by atoms with van der Waals surface area (Å²) in [4.78, 5) is 15.4. The summed E-state index contributed by atoms with van der Waals surface area (Å²) in [6.45, 7) is 0.518. The summed E-state index contributed by atoms with van der Waals surface area (Å²) in [6, 6.07) is 1.99. The largest absolute Gasteiger partial charge is 0.466 e. The third-order valence-corrected chi connectivity index (χ3v) is 2.03. The number of rotatable bonds is 5. The maximum absolute atomic E-state index is 11.5. The van der Waals surface area contributed by atoms with Crippen LogP contribution in [0.1, 0.15) is 6.42 Å². The number of hydrogen-bond acceptors (Lipinski definition) is 5. The first-order valence-electron chi connectivity index (χ1n) is 5.01. The van der Waals surface area contributed by atoms with Crippen molar-refractivity contribution in [2.24, 2.45) is 0 Å². The van der Waals surface area contributed by atoms with Crippen molar-refractivity contribution >= 4 is 11.9 Å². The first kappa shape index (κ1) is 11.1. The molecule has 8 heteroatoms. The summed E-state index contributed by atoms with van der Waals surface area (Å²) in [5.41, 5.74) is 0. The van der Waals surface area contributed by atoms with Gasteiger partial charge in [0.2, 0.25) is 11.9 Å². The third kappa shape index (κ3) is 3.03. The fourth-order valence-electron chi connectivity index (χ4n) is 1.24. The van der Waals surface area contributed by atoms with Crippen LogP contribution in [-0.4, -0.2) is 38.0 Å². The van der Waals surface area contributed by atoms with Gasteiger partial charge in [0, 0.05) is 25.4 Å². The number of nitrogens with zero attached hydrogens (tertiary/aromatic N) is 4. The molecule has 0 aromatic carbocycles. The van der Waals surface area contributed by atoms with Gasteiger partial charge >= 0.3 is 6.01 Å². The Morgan fingerprint density at radius 2 is 2.53 bits per heavy atom. The van der Waals surface area contributed by atoms with E-state index in [0.717, 1.165) is 0 Å². The molecule has 90 valence electrons. The number of methoxy groups -OCH3 is 1. The molecule has 2 aromatic rings. The number of carbonyl (C=O) groups excluding carboxylic acids is 1. The Labute approximate surface area is 97.0 Å². The van der Waals surface area contributed by atoms with Crippen molar-refractivity contribution in [2.45, 2.75) is 13.0 Å². The van der Waals surface area contributed by atoms with Crippen molar-refractivity contribution in [1.29, 1.82) is 0 Å². The van der Waals surface area contributed by atoms with Gasteiger partial charge in [-0.3, -0.25) is 14.8 Å². The molecule has 2 heterocycles. The van der Waals surface area contributed by atoms with Gasteiger partial charge in [0.15, 0.2) is 0 Å². The molecule has 0 aliphatic carbocycles. The molecule has 8 nitrogen and oxygen atoms in total. The van der Waals surface area contributed by atoms with E-state index in [9.17, 15) is 4.79 Å². The molecule has 0 aliphatic rings. The maximum Gasteiger partial charge on any atom is 0.336 e. The number of H-pyrrole nitrogens is 1. The van der Waals surface area contributed by atoms with E-state index in [-0.39, 0.29) is 17.9 Å². The lowest BCUT2D eigenvalue weighted by molar-refractivity contribution is -0.116. The number of carbonyl (C=O) groups is 1. The summed E-state index contributed by atoms with van der Waals surface area (Å²) in [6.07, 6.45) is 3.77. The second kappa shape index (κ2) is 5.10. The number of anilines is 1. The minimum Gasteiger partial charge on any atom is -0.466 e. The van der Waals surface area contributed by atoms with Crippen LogP contribution >= 0.6 is 0 Å². The zero-order valence-electron chi connectivity index (χ0n) is 9.25. The molecule has 0 radical (unpaired) electrons. The average molecular weight is 236 g/mol. The highest BCUT2D eigenvalue weighted by atomic mass is 16.5. The van der Waals surface area contributed by atoms with Gasteiger partial charge < -0.3 is 4.74 Å². The van der Waals surface area contributed by atoms with Gasteiger partial charge in [0.05, 0.1) is 7.11 Å². The normalized spacial score (nSPS) is 10.2. The Bertz CT molecular complexity index is 477. The standard InChI is InChI=1S/C9H12N6O2/c1-17-9-12-8(13-14-9)11-7(16)3-6-15-5-2-4-10-15/h2,4-5H,3,6H2,1H3,(H2,11,12,13,14,16). The summed E-state index contributed by atoms with van der Waals surface area (Å²) in [5.74, 6) is 0.103. The van der Waals surface area contributed by atoms with Gasteiger partial charge in [-0.15, -0.1) is 5.10 Å². The predicted molar refractivity (Wildman–Crippen MR) is 58.4 cm³/mol. The number of aromatic nitrogens is 5. The molecule has 1 amide bonds. The van der Waals surface area contributed by atoms with E-state index in [1.54, 1.807) is 23.1 Å². The van der Waals surface area contributed by atoms with Crippen molar-refractivity contribution in [3.05, 3.63) is 18.5 Å². The molecule has 0 unspecified atom stereocenters. The highest BCUT2D eigenvalue weighted by Crippen LogP contribution is 2.04. The molecule has 0 aliphatic heterocycles. The molecule has 0 atom stereocenters. The molecular weight excluding hydrogens is 224 g/mol. The minimum atomic E-state index is -0.167. The van der Waals surface area contributed by atoms with Crippen molar-refractivity contribution in [2.75, 3.05) is 12.4 Å². The number of aryl methyl sites for hydroxylation is 1. The van der Waals surface area contributed by atoms with Crippen molar-refractivity contribution < 1.29 is 9.53 Å². The Kier molecular flexibility index (Phi) is 3.34. The van der Waals surface area contributed by atoms with Crippen LogP contribution in [0.5, 0.6) is 6.01 Å². The lowest BCUT2D eigenvalue weighted by atomic mass is 10.4. The Hall–Kier alpha value is -2.38. The zero-order chi connectivity index (χ0) is 12.1. The monoisotopic (exact) mass is 236 g/mol.